The van der Waals surface area contributed by atoms with Gasteiger partial charge in [-0.25, -0.2) is 0 Å². The molecule has 16 heteroatoms. The molecule has 73 heavy (non-hydrogen) atoms. The minimum absolute atomic E-state index is 0.0609. The van der Waals surface area contributed by atoms with E-state index >= 15 is 0 Å². The summed E-state index contributed by atoms with van der Waals surface area (Å²) in [7, 11) is -8.20. The van der Waals surface area contributed by atoms with E-state index in [4.69, 9.17) is 18.6 Å². The Bertz CT molecular complexity index is 2070. The minimum atomic E-state index is -4.10. The number of hydrogen-bond donors (Lipinski definition) is 4. The van der Waals surface area contributed by atoms with Crippen LogP contribution in [0.3, 0.4) is 0 Å². The highest BCUT2D eigenvalue weighted by Gasteiger charge is 2.62. The molecule has 8 aliphatic rings. The van der Waals surface area contributed by atoms with Gasteiger partial charge >= 0.3 is 11.9 Å². The van der Waals surface area contributed by atoms with Crippen LogP contribution >= 0.6 is 0 Å². The maximum atomic E-state index is 13.3. The zero-order valence-electron chi connectivity index (χ0n) is 45.4. The van der Waals surface area contributed by atoms with Crippen LogP contribution in [0.2, 0.25) is 0 Å². The normalized spacial score (nSPS) is 40.8. The number of carbonyl (C=O) groups is 4. The Hall–Kier alpha value is -2.30. The number of carbonyl (C=O) groups excluding carboxylic acids is 4. The quantitative estimate of drug-likeness (QED) is 0.0661. The van der Waals surface area contributed by atoms with Gasteiger partial charge in [0.1, 0.15) is 12.2 Å². The van der Waals surface area contributed by atoms with E-state index in [1.54, 1.807) is 0 Å². The molecule has 0 aromatic carbocycles. The average Bonchev–Trinajstić information content (AvgIpc) is 3.86. The first-order valence-electron chi connectivity index (χ1n) is 29.2. The third-order valence-corrected chi connectivity index (χ3v) is 24.6. The summed E-state index contributed by atoms with van der Waals surface area (Å²) >= 11 is 0. The lowest BCUT2D eigenvalue weighted by Gasteiger charge is -2.61. The molecule has 0 radical (unpaired) electrons. The fourth-order valence-electron chi connectivity index (χ4n) is 19.4. The van der Waals surface area contributed by atoms with Crippen LogP contribution in [0.15, 0.2) is 0 Å². The van der Waals surface area contributed by atoms with Gasteiger partial charge in [-0.3, -0.25) is 28.3 Å². The summed E-state index contributed by atoms with van der Waals surface area (Å²) in [5.74, 6) is 5.53. The summed E-state index contributed by atoms with van der Waals surface area (Å²) in [6.45, 7) is 14.6. The lowest BCUT2D eigenvalue weighted by molar-refractivity contribution is -0.164. The number of ether oxygens (including phenoxy) is 2. The molecule has 8 saturated carbocycles. The van der Waals surface area contributed by atoms with Crippen molar-refractivity contribution >= 4 is 44.0 Å². The van der Waals surface area contributed by atoms with Gasteiger partial charge in [-0.1, -0.05) is 41.5 Å². The van der Waals surface area contributed by atoms with Crippen LogP contribution in [0.25, 0.3) is 0 Å². The van der Waals surface area contributed by atoms with Crippen LogP contribution < -0.4 is 10.6 Å². The van der Waals surface area contributed by atoms with E-state index in [1.807, 2.05) is 0 Å². The molecule has 0 aliphatic heterocycles. The van der Waals surface area contributed by atoms with Crippen molar-refractivity contribution in [1.82, 2.24) is 10.6 Å². The van der Waals surface area contributed by atoms with Crippen LogP contribution in [0, 0.1) is 92.7 Å². The fourth-order valence-corrected chi connectivity index (χ4v) is 20.1. The van der Waals surface area contributed by atoms with Gasteiger partial charge in [0, 0.05) is 38.8 Å². The number of rotatable bonds is 20. The maximum Gasteiger partial charge on any atom is 0.306 e. The van der Waals surface area contributed by atoms with Crippen LogP contribution in [0.4, 0.5) is 0 Å². The summed E-state index contributed by atoms with van der Waals surface area (Å²) in [4.78, 5) is 51.5. The monoisotopic (exact) mass is 1060 g/mol. The van der Waals surface area contributed by atoms with Gasteiger partial charge in [0.05, 0.1) is 11.5 Å². The number of amides is 2. The van der Waals surface area contributed by atoms with Crippen molar-refractivity contribution in [2.45, 2.75) is 214 Å². The second kappa shape index (κ2) is 22.6. The van der Waals surface area contributed by atoms with Crippen molar-refractivity contribution in [1.29, 1.82) is 0 Å². The molecule has 0 aromatic rings. The standard InChI is InChI=1S/C57H94N2O12S2/c1-36(10-20-50(60)58-30-32-72(64,65)66)44-16-18-46-42-14-12-38-34-40(22-26-54(38,3)48(42)24-28-56(44,46)5)70-52(62)8-7-9-53(63)71-41-23-27-55(4)39(35-41)13-15-43-47-19-17-45(57(47,6)29-25-49(43)55)37(2)11-21-51(61)59-31-33-73(67,68)69/h36-49H,7-35H2,1-6H3,(H,58,60)(H,59,61)(H,64,65,66)(H,67,68,69)/t36-,37+,38?,39?,40-,41+,42+,43-,44-,45+,46+,47-,48+,49-,54+,55-,56-,57+. The van der Waals surface area contributed by atoms with Gasteiger partial charge in [0.2, 0.25) is 11.8 Å². The lowest BCUT2D eigenvalue weighted by Crippen LogP contribution is -2.54. The molecule has 14 nitrogen and oxygen atoms in total. The zero-order valence-corrected chi connectivity index (χ0v) is 47.0. The molecule has 2 amide bonds. The summed E-state index contributed by atoms with van der Waals surface area (Å²) in [6, 6.07) is 0. The second-order valence-corrected chi connectivity index (χ2v) is 29.8. The van der Waals surface area contributed by atoms with Gasteiger partial charge in [0.25, 0.3) is 20.2 Å². The van der Waals surface area contributed by atoms with E-state index in [2.05, 4.69) is 52.2 Å². The first-order valence-corrected chi connectivity index (χ1v) is 32.4. The highest BCUT2D eigenvalue weighted by atomic mass is 32.2. The number of esters is 2. The molecule has 416 valence electrons. The van der Waals surface area contributed by atoms with Crippen LogP contribution in [-0.4, -0.2) is 86.5 Å². The van der Waals surface area contributed by atoms with Crippen LogP contribution in [0.1, 0.15) is 202 Å². The van der Waals surface area contributed by atoms with E-state index in [-0.39, 0.29) is 83.6 Å². The Kier molecular flexibility index (Phi) is 17.6. The van der Waals surface area contributed by atoms with Gasteiger partial charge in [-0.15, -0.1) is 0 Å². The van der Waals surface area contributed by atoms with E-state index in [0.717, 1.165) is 51.4 Å². The van der Waals surface area contributed by atoms with Gasteiger partial charge in [-0.05, 0) is 228 Å². The smallest absolute Gasteiger partial charge is 0.306 e. The molecule has 8 fully saturated rings. The van der Waals surface area contributed by atoms with Crippen molar-refractivity contribution in [3.63, 3.8) is 0 Å². The highest BCUT2D eigenvalue weighted by Crippen LogP contribution is 2.70. The molecule has 0 spiro atoms. The predicted octanol–water partition coefficient (Wildman–Crippen LogP) is 10.1. The Morgan fingerprint density at radius 3 is 1.26 bits per heavy atom. The topological polar surface area (TPSA) is 220 Å². The molecule has 0 heterocycles. The third kappa shape index (κ3) is 12.5. The van der Waals surface area contributed by atoms with Gasteiger partial charge < -0.3 is 20.1 Å². The van der Waals surface area contributed by atoms with E-state index in [0.29, 0.717) is 90.3 Å². The largest absolute Gasteiger partial charge is 0.462 e. The van der Waals surface area contributed by atoms with Gasteiger partial charge in [0.15, 0.2) is 0 Å². The maximum absolute atomic E-state index is 13.3. The number of hydrogen-bond acceptors (Lipinski definition) is 10. The molecule has 8 rings (SSSR count). The van der Waals surface area contributed by atoms with Crippen LogP contribution in [-0.2, 0) is 48.9 Å². The number of nitrogens with one attached hydrogen (secondary N) is 2. The fraction of sp³-hybridized carbons (Fsp3) is 0.930. The molecule has 0 bridgehead atoms. The Morgan fingerprint density at radius 2 is 0.877 bits per heavy atom. The molecule has 2 unspecified atom stereocenters. The SMILES string of the molecule is C[C@H](CCC(=O)NCCS(=O)(=O)O)[C@H]1CC[C@H]2[C@@H]3CCC4C[C@H](OC(=O)CCCC(=O)O[C@H]5CC[C@]6(C)C(CC[C@@H]7[C@H]8CC[C@@H]([C@@H](C)CCC(=O)NCCS(=O)(=O)O)[C@]8(C)CC[C@H]76)C5)CC[C@]4(C)[C@H]3CC[C@]12C. The average molecular weight is 1060 g/mol. The van der Waals surface area contributed by atoms with Crippen LogP contribution in [0.5, 0.6) is 0 Å². The summed E-state index contributed by atoms with van der Waals surface area (Å²) < 4.78 is 74.5. The van der Waals surface area contributed by atoms with Crippen molar-refractivity contribution < 1.29 is 54.6 Å². The molecule has 0 saturated heterocycles. The third-order valence-electron chi connectivity index (χ3n) is 23.1. The predicted molar refractivity (Wildman–Crippen MR) is 280 cm³/mol. The van der Waals surface area contributed by atoms with E-state index in [1.165, 1.54) is 77.0 Å². The van der Waals surface area contributed by atoms with Crippen molar-refractivity contribution in [2.24, 2.45) is 92.7 Å². The first-order chi connectivity index (χ1) is 34.3. The number of fused-ring (bicyclic) bond motifs is 10. The van der Waals surface area contributed by atoms with Crippen molar-refractivity contribution in [3.8, 4) is 0 Å². The zero-order chi connectivity index (χ0) is 52.7. The molecule has 4 N–H and O–H groups in total. The van der Waals surface area contributed by atoms with E-state index in [9.17, 15) is 36.0 Å². The first kappa shape index (κ1) is 56.9. The van der Waals surface area contributed by atoms with E-state index < -0.39 is 31.7 Å². The molecule has 18 atom stereocenters. The second-order valence-electron chi connectivity index (χ2n) is 26.7. The summed E-state index contributed by atoms with van der Waals surface area (Å²) in [5, 5.41) is 5.30. The Labute approximate surface area is 438 Å². The molecule has 0 aromatic heterocycles. The Morgan fingerprint density at radius 1 is 0.507 bits per heavy atom. The summed E-state index contributed by atoms with van der Waals surface area (Å²) in [5.41, 5.74) is 1.02. The van der Waals surface area contributed by atoms with Crippen molar-refractivity contribution in [2.75, 3.05) is 24.6 Å². The van der Waals surface area contributed by atoms with Gasteiger partial charge in [-0.2, -0.15) is 16.8 Å². The lowest BCUT2D eigenvalue weighted by atomic mass is 9.44. The minimum Gasteiger partial charge on any atom is -0.462 e. The molecule has 8 aliphatic carbocycles. The molecular formula is C57H94N2O12S2. The molecular weight excluding hydrogens is 969 g/mol. The van der Waals surface area contributed by atoms with Crippen molar-refractivity contribution in [3.05, 3.63) is 0 Å². The Balaban J connectivity index is 0.728. The summed E-state index contributed by atoms with van der Waals surface area (Å²) in [6.07, 6.45) is 23.5. The highest BCUT2D eigenvalue weighted by molar-refractivity contribution is 7.86.